The van der Waals surface area contributed by atoms with Gasteiger partial charge in [0, 0.05) is 11.9 Å². The van der Waals surface area contributed by atoms with Crippen LogP contribution in [0.1, 0.15) is 19.0 Å². The fraction of sp³-hybridized carbons (Fsp3) is 0.750. The highest BCUT2D eigenvalue weighted by Gasteiger charge is 2.31. The summed E-state index contributed by atoms with van der Waals surface area (Å²) in [5, 5.41) is 9.33. The highest BCUT2D eigenvalue weighted by molar-refractivity contribution is 7.03. The van der Waals surface area contributed by atoms with Crippen molar-refractivity contribution in [1.29, 1.82) is 0 Å². The zero-order chi connectivity index (χ0) is 8.39. The lowest BCUT2D eigenvalue weighted by molar-refractivity contribution is 0.604. The van der Waals surface area contributed by atoms with Gasteiger partial charge in [-0.3, -0.25) is 0 Å². The third-order valence-electron chi connectivity index (χ3n) is 2.39. The van der Waals surface area contributed by atoms with E-state index >= 15 is 0 Å². The number of nitrogens with zero attached hydrogens (tertiary/aromatic N) is 2. The number of hydrogen-bond donors (Lipinski definition) is 1. The molecule has 0 amide bonds. The van der Waals surface area contributed by atoms with Crippen LogP contribution in [-0.4, -0.2) is 16.1 Å². The van der Waals surface area contributed by atoms with Crippen LogP contribution >= 0.6 is 11.5 Å². The fourth-order valence-corrected chi connectivity index (χ4v) is 1.78. The first kappa shape index (κ1) is 8.13. The van der Waals surface area contributed by atoms with E-state index in [-0.39, 0.29) is 0 Å². The van der Waals surface area contributed by atoms with E-state index in [2.05, 4.69) is 21.8 Å². The summed E-state index contributed by atoms with van der Waals surface area (Å²) in [5.74, 6) is 1.85. The van der Waals surface area contributed by atoms with Crippen LogP contribution in [0.25, 0.3) is 0 Å². The normalized spacial score (nSPS) is 27.4. The second kappa shape index (κ2) is 3.49. The van der Waals surface area contributed by atoms with Gasteiger partial charge in [-0.05, 0) is 36.3 Å². The smallest absolute Gasteiger partial charge is 0.0893 e. The van der Waals surface area contributed by atoms with Crippen LogP contribution in [0.4, 0.5) is 0 Å². The minimum atomic E-state index is 0.875. The van der Waals surface area contributed by atoms with Gasteiger partial charge in [0.05, 0.1) is 5.69 Å². The Kier molecular flexibility index (Phi) is 2.37. The quantitative estimate of drug-likeness (QED) is 0.764. The van der Waals surface area contributed by atoms with Gasteiger partial charge in [0.2, 0.25) is 0 Å². The van der Waals surface area contributed by atoms with Crippen molar-refractivity contribution in [3.8, 4) is 0 Å². The molecule has 2 unspecified atom stereocenters. The summed E-state index contributed by atoms with van der Waals surface area (Å²) in [6.45, 7) is 4.31. The van der Waals surface area contributed by atoms with Crippen molar-refractivity contribution < 1.29 is 0 Å². The third-order valence-corrected chi connectivity index (χ3v) is 2.95. The topological polar surface area (TPSA) is 37.8 Å². The molecule has 2 rings (SSSR count). The molecule has 0 aromatic carbocycles. The van der Waals surface area contributed by atoms with E-state index in [1.165, 1.54) is 18.0 Å². The maximum atomic E-state index is 3.96. The van der Waals surface area contributed by atoms with Crippen molar-refractivity contribution in [1.82, 2.24) is 14.9 Å². The van der Waals surface area contributed by atoms with E-state index < -0.39 is 0 Å². The van der Waals surface area contributed by atoms with Crippen molar-refractivity contribution in [2.45, 2.75) is 19.9 Å². The minimum absolute atomic E-state index is 0.875. The van der Waals surface area contributed by atoms with E-state index in [0.717, 1.165) is 30.6 Å². The molecule has 1 aliphatic rings. The van der Waals surface area contributed by atoms with E-state index in [1.807, 2.05) is 5.38 Å². The Labute approximate surface area is 76.4 Å². The zero-order valence-electron chi connectivity index (χ0n) is 7.16. The van der Waals surface area contributed by atoms with Crippen molar-refractivity contribution in [3.05, 3.63) is 11.1 Å². The number of hydrogen-bond acceptors (Lipinski definition) is 4. The van der Waals surface area contributed by atoms with E-state index in [1.54, 1.807) is 0 Å². The molecule has 12 heavy (non-hydrogen) atoms. The Balaban J connectivity index is 1.63. The minimum Gasteiger partial charge on any atom is -0.311 e. The summed E-state index contributed by atoms with van der Waals surface area (Å²) in [5.41, 5.74) is 1.06. The Morgan fingerprint density at radius 3 is 3.17 bits per heavy atom. The predicted molar refractivity (Wildman–Crippen MR) is 48.9 cm³/mol. The molecule has 1 heterocycles. The molecule has 0 radical (unpaired) electrons. The second-order valence-corrected chi connectivity index (χ2v) is 4.11. The van der Waals surface area contributed by atoms with Gasteiger partial charge in [0.1, 0.15) is 0 Å². The molecule has 1 aromatic rings. The number of rotatable bonds is 4. The van der Waals surface area contributed by atoms with Crippen LogP contribution in [0.15, 0.2) is 5.38 Å². The van der Waals surface area contributed by atoms with Gasteiger partial charge in [-0.25, -0.2) is 0 Å². The summed E-state index contributed by atoms with van der Waals surface area (Å²) in [4.78, 5) is 0. The lowest BCUT2D eigenvalue weighted by Crippen LogP contribution is -2.16. The molecule has 0 bridgehead atoms. The number of nitrogens with one attached hydrogen (secondary N) is 1. The fourth-order valence-electron chi connectivity index (χ4n) is 1.33. The summed E-state index contributed by atoms with van der Waals surface area (Å²) in [7, 11) is 0. The molecule has 0 spiro atoms. The molecule has 1 N–H and O–H groups in total. The van der Waals surface area contributed by atoms with Crippen molar-refractivity contribution in [2.75, 3.05) is 6.54 Å². The van der Waals surface area contributed by atoms with Crippen molar-refractivity contribution >= 4 is 11.5 Å². The Morgan fingerprint density at radius 2 is 2.58 bits per heavy atom. The molecule has 3 nitrogen and oxygen atoms in total. The highest BCUT2D eigenvalue weighted by atomic mass is 32.1. The Morgan fingerprint density at radius 1 is 1.75 bits per heavy atom. The van der Waals surface area contributed by atoms with E-state index in [9.17, 15) is 0 Å². The molecule has 1 saturated carbocycles. The third kappa shape index (κ3) is 2.01. The van der Waals surface area contributed by atoms with Crippen LogP contribution in [0.2, 0.25) is 0 Å². The average molecular weight is 183 g/mol. The van der Waals surface area contributed by atoms with Gasteiger partial charge in [0.25, 0.3) is 0 Å². The van der Waals surface area contributed by atoms with Crippen LogP contribution in [-0.2, 0) is 6.54 Å². The van der Waals surface area contributed by atoms with Gasteiger partial charge in [-0.2, -0.15) is 0 Å². The first-order chi connectivity index (χ1) is 5.86. The largest absolute Gasteiger partial charge is 0.311 e. The van der Waals surface area contributed by atoms with Crippen LogP contribution in [0.5, 0.6) is 0 Å². The highest BCUT2D eigenvalue weighted by Crippen LogP contribution is 2.36. The van der Waals surface area contributed by atoms with Gasteiger partial charge in [-0.15, -0.1) is 5.10 Å². The van der Waals surface area contributed by atoms with Gasteiger partial charge >= 0.3 is 0 Å². The summed E-state index contributed by atoms with van der Waals surface area (Å²) >= 11 is 1.41. The first-order valence-corrected chi connectivity index (χ1v) is 5.16. The molecule has 2 atom stereocenters. The molecule has 1 aliphatic carbocycles. The predicted octanol–water partition coefficient (Wildman–Crippen LogP) is 1.28. The van der Waals surface area contributed by atoms with Crippen molar-refractivity contribution in [2.24, 2.45) is 11.8 Å². The Bertz CT molecular complexity index is 234. The molecular formula is C8H13N3S. The average Bonchev–Trinajstić information content (AvgIpc) is 2.58. The van der Waals surface area contributed by atoms with Gasteiger partial charge < -0.3 is 5.32 Å². The van der Waals surface area contributed by atoms with Crippen LogP contribution < -0.4 is 5.32 Å². The maximum Gasteiger partial charge on any atom is 0.0893 e. The standard InChI is InChI=1S/C8H13N3S/c1-6-2-7(6)3-9-4-8-5-12-11-10-8/h5-7,9H,2-4H2,1H3. The summed E-state index contributed by atoms with van der Waals surface area (Å²) in [6.07, 6.45) is 1.39. The molecule has 1 fully saturated rings. The molecule has 0 saturated heterocycles. The lowest BCUT2D eigenvalue weighted by Gasteiger charge is -1.99. The molecule has 66 valence electrons. The second-order valence-electron chi connectivity index (χ2n) is 3.50. The van der Waals surface area contributed by atoms with Gasteiger partial charge in [0.15, 0.2) is 0 Å². The van der Waals surface area contributed by atoms with E-state index in [0.29, 0.717) is 0 Å². The monoisotopic (exact) mass is 183 g/mol. The molecule has 1 aromatic heterocycles. The van der Waals surface area contributed by atoms with Crippen LogP contribution in [0.3, 0.4) is 0 Å². The summed E-state index contributed by atoms with van der Waals surface area (Å²) < 4.78 is 3.80. The van der Waals surface area contributed by atoms with Gasteiger partial charge in [-0.1, -0.05) is 11.4 Å². The van der Waals surface area contributed by atoms with Crippen LogP contribution in [0, 0.1) is 11.8 Å². The maximum absolute atomic E-state index is 3.96. The SMILES string of the molecule is CC1CC1CNCc1csnn1. The molecule has 0 aliphatic heterocycles. The van der Waals surface area contributed by atoms with Crippen molar-refractivity contribution in [3.63, 3.8) is 0 Å². The zero-order valence-corrected chi connectivity index (χ0v) is 7.97. The lowest BCUT2D eigenvalue weighted by atomic mass is 10.3. The summed E-state index contributed by atoms with van der Waals surface area (Å²) in [6, 6.07) is 0. The molecule has 4 heteroatoms. The molecular weight excluding hydrogens is 170 g/mol. The first-order valence-electron chi connectivity index (χ1n) is 4.33. The number of aromatic nitrogens is 2. The Hall–Kier alpha value is -0.480. The van der Waals surface area contributed by atoms with E-state index in [4.69, 9.17) is 0 Å².